The standard InChI is InChI=1S/C13H18FN3/c14-11-2-1-3-12(13(11)15)17-8-6-16(7-9-17)10-4-5-10/h1-3,10H,4-9,15H2. The van der Waals surface area contributed by atoms with Gasteiger partial charge in [0.05, 0.1) is 11.4 Å². The lowest BCUT2D eigenvalue weighted by Gasteiger charge is -2.36. The molecule has 0 atom stereocenters. The molecule has 17 heavy (non-hydrogen) atoms. The number of piperazine rings is 1. The number of benzene rings is 1. The Balaban J connectivity index is 1.71. The quantitative estimate of drug-likeness (QED) is 0.792. The first-order valence-electron chi connectivity index (χ1n) is 6.28. The minimum absolute atomic E-state index is 0.285. The van der Waals surface area contributed by atoms with Crippen LogP contribution in [0.4, 0.5) is 15.8 Å². The van der Waals surface area contributed by atoms with Crippen LogP contribution >= 0.6 is 0 Å². The molecule has 92 valence electrons. The monoisotopic (exact) mass is 235 g/mol. The van der Waals surface area contributed by atoms with Crippen LogP contribution in [0.25, 0.3) is 0 Å². The molecule has 2 aliphatic rings. The average molecular weight is 235 g/mol. The van der Waals surface area contributed by atoms with Crippen LogP contribution in [-0.2, 0) is 0 Å². The first-order chi connectivity index (χ1) is 8.25. The molecule has 4 heteroatoms. The zero-order valence-corrected chi connectivity index (χ0v) is 9.90. The van der Waals surface area contributed by atoms with Gasteiger partial charge in [0.1, 0.15) is 5.82 Å². The van der Waals surface area contributed by atoms with Crippen LogP contribution in [0.1, 0.15) is 12.8 Å². The second kappa shape index (κ2) is 4.18. The van der Waals surface area contributed by atoms with E-state index in [0.717, 1.165) is 37.9 Å². The van der Waals surface area contributed by atoms with Gasteiger partial charge in [-0.25, -0.2) is 4.39 Å². The smallest absolute Gasteiger partial charge is 0.148 e. The largest absolute Gasteiger partial charge is 0.395 e. The maximum atomic E-state index is 13.4. The summed E-state index contributed by atoms with van der Waals surface area (Å²) in [7, 11) is 0. The molecule has 2 fully saturated rings. The Labute approximate surface area is 101 Å². The van der Waals surface area contributed by atoms with Crippen molar-refractivity contribution in [3.05, 3.63) is 24.0 Å². The number of rotatable bonds is 2. The van der Waals surface area contributed by atoms with Crippen molar-refractivity contribution < 1.29 is 4.39 Å². The topological polar surface area (TPSA) is 32.5 Å². The van der Waals surface area contributed by atoms with Gasteiger partial charge < -0.3 is 10.6 Å². The average Bonchev–Trinajstić information content (AvgIpc) is 3.17. The first-order valence-corrected chi connectivity index (χ1v) is 6.28. The second-order valence-electron chi connectivity index (χ2n) is 4.93. The summed E-state index contributed by atoms with van der Waals surface area (Å²) in [6, 6.07) is 5.88. The molecule has 3 nitrogen and oxygen atoms in total. The number of nitrogen functional groups attached to an aromatic ring is 1. The predicted octanol–water partition coefficient (Wildman–Crippen LogP) is 1.69. The molecule has 0 aromatic heterocycles. The molecule has 0 radical (unpaired) electrons. The molecular formula is C13H18FN3. The number of hydrogen-bond acceptors (Lipinski definition) is 3. The van der Waals surface area contributed by atoms with E-state index < -0.39 is 0 Å². The van der Waals surface area contributed by atoms with Crippen LogP contribution in [0.5, 0.6) is 0 Å². The van der Waals surface area contributed by atoms with E-state index in [2.05, 4.69) is 9.80 Å². The highest BCUT2D eigenvalue weighted by molar-refractivity contribution is 5.68. The Bertz CT molecular complexity index is 409. The molecule has 1 saturated carbocycles. The fourth-order valence-electron chi connectivity index (χ4n) is 2.57. The van der Waals surface area contributed by atoms with Crippen LogP contribution in [0.3, 0.4) is 0 Å². The van der Waals surface area contributed by atoms with Crippen molar-refractivity contribution in [1.82, 2.24) is 4.90 Å². The number of anilines is 2. The normalized spacial score (nSPS) is 21.8. The van der Waals surface area contributed by atoms with Crippen molar-refractivity contribution in [2.24, 2.45) is 0 Å². The number of halogens is 1. The van der Waals surface area contributed by atoms with E-state index in [4.69, 9.17) is 5.73 Å². The van der Waals surface area contributed by atoms with Gasteiger partial charge in [0.15, 0.2) is 0 Å². The molecule has 1 aromatic carbocycles. The molecular weight excluding hydrogens is 217 g/mol. The highest BCUT2D eigenvalue weighted by Crippen LogP contribution is 2.30. The predicted molar refractivity (Wildman–Crippen MR) is 67.6 cm³/mol. The third-order valence-electron chi connectivity index (χ3n) is 3.75. The fraction of sp³-hybridized carbons (Fsp3) is 0.538. The molecule has 0 amide bonds. The van der Waals surface area contributed by atoms with Crippen LogP contribution in [0.15, 0.2) is 18.2 Å². The Morgan fingerprint density at radius 2 is 1.82 bits per heavy atom. The van der Waals surface area contributed by atoms with Gasteiger partial charge in [-0.05, 0) is 25.0 Å². The zero-order chi connectivity index (χ0) is 11.8. The molecule has 3 rings (SSSR count). The summed E-state index contributed by atoms with van der Waals surface area (Å²) in [5.74, 6) is -0.313. The van der Waals surface area contributed by atoms with Crippen LogP contribution in [0, 0.1) is 5.82 Å². The highest BCUT2D eigenvalue weighted by atomic mass is 19.1. The van der Waals surface area contributed by atoms with Gasteiger partial charge in [0, 0.05) is 32.2 Å². The zero-order valence-electron chi connectivity index (χ0n) is 9.90. The SMILES string of the molecule is Nc1c(F)cccc1N1CCN(C2CC2)CC1. The summed E-state index contributed by atoms with van der Waals surface area (Å²) in [6.45, 7) is 4.04. The van der Waals surface area contributed by atoms with E-state index in [9.17, 15) is 4.39 Å². The summed E-state index contributed by atoms with van der Waals surface area (Å²) in [5.41, 5.74) is 6.92. The molecule has 1 heterocycles. The Hall–Kier alpha value is -1.29. The van der Waals surface area contributed by atoms with Gasteiger partial charge >= 0.3 is 0 Å². The molecule has 1 aliphatic heterocycles. The van der Waals surface area contributed by atoms with Gasteiger partial charge in [-0.3, -0.25) is 4.90 Å². The van der Waals surface area contributed by atoms with Gasteiger partial charge in [0.2, 0.25) is 0 Å². The molecule has 2 N–H and O–H groups in total. The third-order valence-corrected chi connectivity index (χ3v) is 3.75. The second-order valence-corrected chi connectivity index (χ2v) is 4.93. The van der Waals surface area contributed by atoms with Gasteiger partial charge in [0.25, 0.3) is 0 Å². The van der Waals surface area contributed by atoms with Crippen molar-refractivity contribution in [2.75, 3.05) is 36.8 Å². The minimum Gasteiger partial charge on any atom is -0.395 e. The van der Waals surface area contributed by atoms with E-state index in [1.54, 1.807) is 6.07 Å². The number of nitrogens with two attached hydrogens (primary N) is 1. The minimum atomic E-state index is -0.313. The van der Waals surface area contributed by atoms with Gasteiger partial charge in [-0.1, -0.05) is 6.07 Å². The summed E-state index contributed by atoms with van der Waals surface area (Å²) in [5, 5.41) is 0. The molecule has 0 unspecified atom stereocenters. The third kappa shape index (κ3) is 2.09. The summed E-state index contributed by atoms with van der Waals surface area (Å²) < 4.78 is 13.4. The lowest BCUT2D eigenvalue weighted by atomic mass is 10.2. The maximum Gasteiger partial charge on any atom is 0.148 e. The first kappa shape index (κ1) is 10.8. The summed E-state index contributed by atoms with van der Waals surface area (Å²) in [4.78, 5) is 4.73. The molecule has 0 spiro atoms. The van der Waals surface area contributed by atoms with Crippen LogP contribution < -0.4 is 10.6 Å². The molecule has 1 saturated heterocycles. The molecule has 1 aromatic rings. The van der Waals surface area contributed by atoms with Gasteiger partial charge in [-0.15, -0.1) is 0 Å². The highest BCUT2D eigenvalue weighted by Gasteiger charge is 2.31. The van der Waals surface area contributed by atoms with Crippen molar-refractivity contribution in [2.45, 2.75) is 18.9 Å². The number of hydrogen-bond donors (Lipinski definition) is 1. The Kier molecular flexibility index (Phi) is 2.67. The van der Waals surface area contributed by atoms with E-state index in [1.165, 1.54) is 18.9 Å². The van der Waals surface area contributed by atoms with Crippen molar-refractivity contribution in [3.63, 3.8) is 0 Å². The van der Waals surface area contributed by atoms with Gasteiger partial charge in [-0.2, -0.15) is 0 Å². The number of nitrogens with zero attached hydrogens (tertiary/aromatic N) is 2. The summed E-state index contributed by atoms with van der Waals surface area (Å²) in [6.07, 6.45) is 2.70. The Morgan fingerprint density at radius 3 is 2.47 bits per heavy atom. The molecule has 1 aliphatic carbocycles. The number of para-hydroxylation sites is 1. The van der Waals surface area contributed by atoms with Crippen molar-refractivity contribution in [3.8, 4) is 0 Å². The van der Waals surface area contributed by atoms with Crippen molar-refractivity contribution >= 4 is 11.4 Å². The van der Waals surface area contributed by atoms with E-state index >= 15 is 0 Å². The lowest BCUT2D eigenvalue weighted by Crippen LogP contribution is -2.47. The van der Waals surface area contributed by atoms with Crippen LogP contribution in [-0.4, -0.2) is 37.1 Å². The fourth-order valence-corrected chi connectivity index (χ4v) is 2.57. The van der Waals surface area contributed by atoms with E-state index in [1.807, 2.05) is 6.07 Å². The van der Waals surface area contributed by atoms with E-state index in [0.29, 0.717) is 0 Å². The van der Waals surface area contributed by atoms with E-state index in [-0.39, 0.29) is 11.5 Å². The van der Waals surface area contributed by atoms with Crippen LogP contribution in [0.2, 0.25) is 0 Å². The van der Waals surface area contributed by atoms with Crippen molar-refractivity contribution in [1.29, 1.82) is 0 Å². The lowest BCUT2D eigenvalue weighted by molar-refractivity contribution is 0.248. The maximum absolute atomic E-state index is 13.4. The summed E-state index contributed by atoms with van der Waals surface area (Å²) >= 11 is 0. The Morgan fingerprint density at radius 1 is 1.12 bits per heavy atom. The molecule has 0 bridgehead atoms.